The highest BCUT2D eigenvalue weighted by atomic mass is 32.2. The highest BCUT2D eigenvalue weighted by molar-refractivity contribution is 8.14. The van der Waals surface area contributed by atoms with Crippen molar-refractivity contribution in [3.63, 3.8) is 0 Å². The van der Waals surface area contributed by atoms with Crippen molar-refractivity contribution in [3.05, 3.63) is 64.2 Å². The minimum absolute atomic E-state index is 0.000933. The molecule has 2 aromatic carbocycles. The summed E-state index contributed by atoms with van der Waals surface area (Å²) >= 11 is 0.455. The van der Waals surface area contributed by atoms with Crippen LogP contribution in [0.5, 0.6) is 0 Å². The lowest BCUT2D eigenvalue weighted by atomic mass is 10.1. The molecule has 0 N–H and O–H groups in total. The van der Waals surface area contributed by atoms with Gasteiger partial charge in [-0.15, -0.1) is 0 Å². The maximum absolute atomic E-state index is 12.9. The zero-order chi connectivity index (χ0) is 19.0. The highest BCUT2D eigenvalue weighted by Crippen LogP contribution is 2.36. The van der Waals surface area contributed by atoms with E-state index < -0.39 is 28.6 Å². The molecule has 2 aromatic rings. The first-order chi connectivity index (χ1) is 11.4. The third kappa shape index (κ3) is 4.56. The largest absolute Gasteiger partial charge is 0.416 e. The highest BCUT2D eigenvalue weighted by Gasteiger charge is 2.34. The number of halogens is 6. The molecule has 2 rings (SSSR count). The summed E-state index contributed by atoms with van der Waals surface area (Å²) in [4.78, 5) is 12.2. The number of carbonyl (C=O) groups excluding carboxylic acids is 1. The van der Waals surface area contributed by atoms with Crippen molar-refractivity contribution in [3.8, 4) is 0 Å². The summed E-state index contributed by atoms with van der Waals surface area (Å²) in [5.74, 6) is 0. The molecule has 0 heterocycles. The molecule has 8 heteroatoms. The second-order valence-corrected chi connectivity index (χ2v) is 6.44. The fourth-order valence-corrected chi connectivity index (χ4v) is 2.96. The molecule has 0 atom stereocenters. The monoisotopic (exact) mass is 378 g/mol. The Balaban J connectivity index is 2.32. The quantitative estimate of drug-likeness (QED) is 0.452. The van der Waals surface area contributed by atoms with Gasteiger partial charge in [0.05, 0.1) is 11.1 Å². The van der Waals surface area contributed by atoms with E-state index in [0.717, 1.165) is 12.1 Å². The maximum atomic E-state index is 12.9. The maximum Gasteiger partial charge on any atom is 0.416 e. The van der Waals surface area contributed by atoms with Crippen LogP contribution in [-0.4, -0.2) is 5.12 Å². The van der Waals surface area contributed by atoms with Crippen molar-refractivity contribution in [1.82, 2.24) is 0 Å². The van der Waals surface area contributed by atoms with Crippen molar-refractivity contribution in [1.29, 1.82) is 0 Å². The van der Waals surface area contributed by atoms with Gasteiger partial charge in [-0.1, -0.05) is 18.2 Å². The summed E-state index contributed by atoms with van der Waals surface area (Å²) in [6.07, 6.45) is -9.19. The van der Waals surface area contributed by atoms with Gasteiger partial charge in [0, 0.05) is 10.5 Å². The van der Waals surface area contributed by atoms with Crippen LogP contribution >= 0.6 is 11.8 Å². The van der Waals surface area contributed by atoms with E-state index in [1.54, 1.807) is 0 Å². The van der Waals surface area contributed by atoms with Gasteiger partial charge in [-0.25, -0.2) is 0 Å². The van der Waals surface area contributed by atoms with E-state index in [9.17, 15) is 31.1 Å². The number of thioether (sulfide) groups is 1. The molecular formula is C17H12F6OS. The zero-order valence-electron chi connectivity index (χ0n) is 13.0. The van der Waals surface area contributed by atoms with E-state index in [1.165, 1.54) is 32.0 Å². The van der Waals surface area contributed by atoms with Crippen LogP contribution in [0.25, 0.3) is 0 Å². The Morgan fingerprint density at radius 3 is 1.80 bits per heavy atom. The van der Waals surface area contributed by atoms with Crippen molar-refractivity contribution in [2.75, 3.05) is 0 Å². The lowest BCUT2D eigenvalue weighted by molar-refractivity contribution is -0.139. The molecule has 0 aromatic heterocycles. The van der Waals surface area contributed by atoms with E-state index in [1.807, 2.05) is 0 Å². The minimum Gasteiger partial charge on any atom is -0.281 e. The van der Waals surface area contributed by atoms with Crippen molar-refractivity contribution >= 4 is 16.9 Å². The van der Waals surface area contributed by atoms with Gasteiger partial charge in [0.25, 0.3) is 0 Å². The third-order valence-electron chi connectivity index (χ3n) is 3.50. The van der Waals surface area contributed by atoms with Crippen LogP contribution in [0.2, 0.25) is 0 Å². The fourth-order valence-electron chi connectivity index (χ4n) is 2.19. The Kier molecular flexibility index (Phi) is 5.22. The topological polar surface area (TPSA) is 17.1 Å². The van der Waals surface area contributed by atoms with E-state index in [-0.39, 0.29) is 21.6 Å². The molecule has 0 saturated carbocycles. The van der Waals surface area contributed by atoms with Crippen LogP contribution in [0, 0.1) is 13.8 Å². The number of rotatable bonds is 2. The molecule has 134 valence electrons. The summed E-state index contributed by atoms with van der Waals surface area (Å²) in [6, 6.07) is 6.45. The molecule has 0 spiro atoms. The van der Waals surface area contributed by atoms with Gasteiger partial charge in [-0.05, 0) is 54.9 Å². The van der Waals surface area contributed by atoms with Gasteiger partial charge < -0.3 is 0 Å². The number of alkyl halides is 6. The Labute approximate surface area is 144 Å². The number of aryl methyl sites for hydroxylation is 2. The summed E-state index contributed by atoms with van der Waals surface area (Å²) in [6.45, 7) is 2.55. The van der Waals surface area contributed by atoms with Crippen LogP contribution in [0.3, 0.4) is 0 Å². The summed E-state index contributed by atoms with van der Waals surface area (Å²) < 4.78 is 77.4. The van der Waals surface area contributed by atoms with E-state index in [0.29, 0.717) is 17.8 Å². The lowest BCUT2D eigenvalue weighted by Gasteiger charge is -2.13. The third-order valence-corrected chi connectivity index (χ3v) is 4.41. The molecule has 0 saturated heterocycles. The van der Waals surface area contributed by atoms with Crippen LogP contribution in [-0.2, 0) is 12.4 Å². The van der Waals surface area contributed by atoms with Crippen LogP contribution < -0.4 is 0 Å². The van der Waals surface area contributed by atoms with Crippen molar-refractivity contribution in [2.24, 2.45) is 0 Å². The molecule has 0 aliphatic heterocycles. The number of hydrogen-bond acceptors (Lipinski definition) is 2. The minimum atomic E-state index is -4.61. The summed E-state index contributed by atoms with van der Waals surface area (Å²) in [7, 11) is 0. The Morgan fingerprint density at radius 1 is 0.800 bits per heavy atom. The molecule has 0 radical (unpaired) electrons. The van der Waals surface area contributed by atoms with Gasteiger partial charge in [0.2, 0.25) is 5.12 Å². The second kappa shape index (κ2) is 6.74. The summed E-state index contributed by atoms with van der Waals surface area (Å²) in [5.41, 5.74) is -2.09. The molecule has 25 heavy (non-hydrogen) atoms. The van der Waals surface area contributed by atoms with E-state index in [4.69, 9.17) is 0 Å². The smallest absolute Gasteiger partial charge is 0.281 e. The zero-order valence-corrected chi connectivity index (χ0v) is 13.9. The Hall–Kier alpha value is -1.96. The molecule has 0 fully saturated rings. The predicted octanol–water partition coefficient (Wildman–Crippen LogP) is 6.27. The average Bonchev–Trinajstić information content (AvgIpc) is 2.47. The van der Waals surface area contributed by atoms with Gasteiger partial charge in [0.15, 0.2) is 0 Å². The standard InChI is InChI=1S/C17H12F6OS/c1-9-3-5-11(7-13(9)16(18,19)20)15(24)25-12-6-4-10(2)14(8-12)17(21,22)23/h3-8H,1-2H3. The van der Waals surface area contributed by atoms with Gasteiger partial charge in [-0.2, -0.15) is 26.3 Å². The normalized spacial score (nSPS) is 12.3. The molecule has 0 amide bonds. The fraction of sp³-hybridized carbons (Fsp3) is 0.235. The predicted molar refractivity (Wildman–Crippen MR) is 82.5 cm³/mol. The summed E-state index contributed by atoms with van der Waals surface area (Å²) in [5, 5.41) is -0.762. The lowest BCUT2D eigenvalue weighted by Crippen LogP contribution is -2.09. The van der Waals surface area contributed by atoms with Crippen LogP contribution in [0.15, 0.2) is 41.3 Å². The molecular weight excluding hydrogens is 366 g/mol. The van der Waals surface area contributed by atoms with Crippen molar-refractivity contribution in [2.45, 2.75) is 31.1 Å². The number of carbonyl (C=O) groups is 1. The number of benzene rings is 2. The van der Waals surface area contributed by atoms with Gasteiger partial charge in [0.1, 0.15) is 0 Å². The first kappa shape index (κ1) is 19.4. The molecule has 1 nitrogen and oxygen atoms in total. The van der Waals surface area contributed by atoms with Gasteiger partial charge >= 0.3 is 12.4 Å². The van der Waals surface area contributed by atoms with Crippen molar-refractivity contribution < 1.29 is 31.1 Å². The molecule has 0 bridgehead atoms. The van der Waals surface area contributed by atoms with Crippen LogP contribution in [0.1, 0.15) is 32.6 Å². The molecule has 0 unspecified atom stereocenters. The van der Waals surface area contributed by atoms with Crippen LogP contribution in [0.4, 0.5) is 26.3 Å². The Morgan fingerprint density at radius 2 is 1.28 bits per heavy atom. The second-order valence-electron chi connectivity index (χ2n) is 5.39. The Bertz CT molecular complexity index is 808. The SMILES string of the molecule is Cc1ccc(SC(=O)c2ccc(C)c(C(F)(F)F)c2)cc1C(F)(F)F. The average molecular weight is 378 g/mol. The van der Waals surface area contributed by atoms with E-state index in [2.05, 4.69) is 0 Å². The van der Waals surface area contributed by atoms with E-state index >= 15 is 0 Å². The molecule has 0 aliphatic carbocycles. The first-order valence-corrected chi connectivity index (χ1v) is 7.79. The first-order valence-electron chi connectivity index (χ1n) is 6.97. The molecule has 0 aliphatic rings. The number of hydrogen-bond donors (Lipinski definition) is 0. The van der Waals surface area contributed by atoms with Gasteiger partial charge in [-0.3, -0.25) is 4.79 Å².